The molecule has 5 heteroatoms. The summed E-state index contributed by atoms with van der Waals surface area (Å²) in [5, 5.41) is 4.86. The molecule has 0 bridgehead atoms. The van der Waals surface area contributed by atoms with Gasteiger partial charge < -0.3 is 9.13 Å². The first-order valence-corrected chi connectivity index (χ1v) is 21.0. The van der Waals surface area contributed by atoms with Crippen LogP contribution in [0.4, 0.5) is 0 Å². The number of hydrogen-bond acceptors (Lipinski definition) is 3. The van der Waals surface area contributed by atoms with E-state index in [2.05, 4.69) is 209 Å². The van der Waals surface area contributed by atoms with Gasteiger partial charge in [0, 0.05) is 55.2 Å². The molecule has 0 aliphatic rings. The lowest BCUT2D eigenvalue weighted by Gasteiger charge is -2.13. The Bertz CT molecular complexity index is 3620. The summed E-state index contributed by atoms with van der Waals surface area (Å²) in [4.78, 5) is 15.4. The zero-order valence-corrected chi connectivity index (χ0v) is 33.6. The van der Waals surface area contributed by atoms with Crippen LogP contribution in [0, 0.1) is 0 Å². The molecule has 0 amide bonds. The van der Waals surface area contributed by atoms with E-state index < -0.39 is 0 Å². The molecule has 9 aromatic carbocycles. The summed E-state index contributed by atoms with van der Waals surface area (Å²) in [5.41, 5.74) is 14.2. The smallest absolute Gasteiger partial charge is 0.164 e. The number of benzene rings is 9. The van der Waals surface area contributed by atoms with Crippen molar-refractivity contribution in [3.05, 3.63) is 224 Å². The molecule has 0 saturated carbocycles. The number of fused-ring (bicyclic) bond motifs is 6. The molecule has 0 unspecified atom stereocenters. The molecule has 62 heavy (non-hydrogen) atoms. The minimum Gasteiger partial charge on any atom is -0.309 e. The van der Waals surface area contributed by atoms with Gasteiger partial charge >= 0.3 is 0 Å². The third-order valence-electron chi connectivity index (χ3n) is 12.0. The largest absolute Gasteiger partial charge is 0.309 e. The molecule has 0 saturated heterocycles. The van der Waals surface area contributed by atoms with Crippen LogP contribution in [0.3, 0.4) is 0 Å². The van der Waals surface area contributed by atoms with Crippen molar-refractivity contribution in [1.29, 1.82) is 0 Å². The molecule has 290 valence electrons. The van der Waals surface area contributed by atoms with Crippen LogP contribution in [0.25, 0.3) is 111 Å². The van der Waals surface area contributed by atoms with E-state index in [0.29, 0.717) is 17.5 Å². The highest BCUT2D eigenvalue weighted by Crippen LogP contribution is 2.44. The van der Waals surface area contributed by atoms with E-state index in [1.54, 1.807) is 0 Å². The molecule has 0 aliphatic heterocycles. The second-order valence-corrected chi connectivity index (χ2v) is 15.6. The van der Waals surface area contributed by atoms with Crippen molar-refractivity contribution in [2.75, 3.05) is 0 Å². The molecule has 5 nitrogen and oxygen atoms in total. The number of rotatable bonds is 7. The number of nitrogens with zero attached hydrogens (tertiary/aromatic N) is 5. The Morgan fingerprint density at radius 2 is 0.742 bits per heavy atom. The molecule has 3 heterocycles. The fourth-order valence-corrected chi connectivity index (χ4v) is 9.21. The second kappa shape index (κ2) is 14.7. The Morgan fingerprint density at radius 1 is 0.274 bits per heavy atom. The van der Waals surface area contributed by atoms with Gasteiger partial charge in [-0.3, -0.25) is 0 Å². The minimum absolute atomic E-state index is 0.614. The van der Waals surface area contributed by atoms with Crippen molar-refractivity contribution in [1.82, 2.24) is 24.1 Å². The molecule has 0 aliphatic carbocycles. The Balaban J connectivity index is 1.05. The first-order chi connectivity index (χ1) is 30.8. The number of hydrogen-bond donors (Lipinski definition) is 0. The summed E-state index contributed by atoms with van der Waals surface area (Å²) in [7, 11) is 0. The van der Waals surface area contributed by atoms with Gasteiger partial charge in [0.2, 0.25) is 0 Å². The lowest BCUT2D eigenvalue weighted by molar-refractivity contribution is 1.07. The van der Waals surface area contributed by atoms with Gasteiger partial charge in [-0.1, -0.05) is 176 Å². The predicted molar refractivity (Wildman–Crippen MR) is 256 cm³/mol. The maximum Gasteiger partial charge on any atom is 0.164 e. The van der Waals surface area contributed by atoms with E-state index in [1.807, 2.05) is 24.3 Å². The zero-order valence-electron chi connectivity index (χ0n) is 33.6. The molecule has 0 radical (unpaired) electrons. The maximum absolute atomic E-state index is 5.18. The Hall–Kier alpha value is -8.41. The van der Waals surface area contributed by atoms with Gasteiger partial charge in [-0.25, -0.2) is 15.0 Å². The van der Waals surface area contributed by atoms with Crippen LogP contribution in [0.2, 0.25) is 0 Å². The quantitative estimate of drug-likeness (QED) is 0.162. The highest BCUT2D eigenvalue weighted by atomic mass is 15.0. The maximum atomic E-state index is 5.18. The Labute approximate surface area is 358 Å². The van der Waals surface area contributed by atoms with Crippen molar-refractivity contribution in [3.63, 3.8) is 0 Å². The first-order valence-electron chi connectivity index (χ1n) is 21.0. The lowest BCUT2D eigenvalue weighted by Crippen LogP contribution is -2.01. The summed E-state index contributed by atoms with van der Waals surface area (Å²) in [5.74, 6) is 1.87. The van der Waals surface area contributed by atoms with Crippen LogP contribution in [0.1, 0.15) is 0 Å². The van der Waals surface area contributed by atoms with Gasteiger partial charge in [-0.15, -0.1) is 0 Å². The van der Waals surface area contributed by atoms with Crippen molar-refractivity contribution in [2.45, 2.75) is 0 Å². The van der Waals surface area contributed by atoms with Gasteiger partial charge in [-0.05, 0) is 65.2 Å². The molecule has 3 aromatic heterocycles. The summed E-state index contributed by atoms with van der Waals surface area (Å²) < 4.78 is 4.81. The van der Waals surface area contributed by atoms with E-state index in [9.17, 15) is 0 Å². The van der Waals surface area contributed by atoms with Crippen molar-refractivity contribution in [3.8, 4) is 67.8 Å². The lowest BCUT2D eigenvalue weighted by atomic mass is 9.97. The van der Waals surface area contributed by atoms with Crippen LogP contribution in [0.5, 0.6) is 0 Å². The van der Waals surface area contributed by atoms with Crippen molar-refractivity contribution in [2.24, 2.45) is 0 Å². The van der Waals surface area contributed by atoms with E-state index in [-0.39, 0.29) is 0 Å². The Kier molecular flexibility index (Phi) is 8.42. The zero-order chi connectivity index (χ0) is 41.0. The predicted octanol–water partition coefficient (Wildman–Crippen LogP) is 14.4. The molecule has 0 atom stereocenters. The first kappa shape index (κ1) is 35.5. The highest BCUT2D eigenvalue weighted by Gasteiger charge is 2.21. The molecule has 12 aromatic rings. The van der Waals surface area contributed by atoms with E-state index in [4.69, 9.17) is 15.0 Å². The fraction of sp³-hybridized carbons (Fsp3) is 0. The van der Waals surface area contributed by atoms with Crippen LogP contribution >= 0.6 is 0 Å². The molecule has 0 fully saturated rings. The summed E-state index contributed by atoms with van der Waals surface area (Å²) >= 11 is 0. The van der Waals surface area contributed by atoms with Gasteiger partial charge in [0.1, 0.15) is 0 Å². The molecule has 12 rings (SSSR count). The van der Waals surface area contributed by atoms with E-state index in [1.165, 1.54) is 43.7 Å². The Morgan fingerprint density at radius 3 is 1.48 bits per heavy atom. The van der Waals surface area contributed by atoms with Crippen LogP contribution in [0.15, 0.2) is 224 Å². The summed E-state index contributed by atoms with van der Waals surface area (Å²) in [6.07, 6.45) is 0. The van der Waals surface area contributed by atoms with Gasteiger partial charge in [0.15, 0.2) is 17.5 Å². The third-order valence-corrected chi connectivity index (χ3v) is 12.0. The topological polar surface area (TPSA) is 48.5 Å². The van der Waals surface area contributed by atoms with Gasteiger partial charge in [0.25, 0.3) is 0 Å². The average Bonchev–Trinajstić information content (AvgIpc) is 3.88. The SMILES string of the molecule is c1ccc(-c2cccc(-c3nc(-c4ccccc4)nc(-c4cccc(-n5c6ccccc6c6c(-c7cccc8c9ccccc9n(-c9ccccc9)c78)cccc65)c4)n3)c2)cc1. The highest BCUT2D eigenvalue weighted by molar-refractivity contribution is 6.20. The van der Waals surface area contributed by atoms with Gasteiger partial charge in [-0.2, -0.15) is 0 Å². The van der Waals surface area contributed by atoms with Gasteiger partial charge in [0.05, 0.1) is 22.1 Å². The fourth-order valence-electron chi connectivity index (χ4n) is 9.21. The monoisotopic (exact) mass is 791 g/mol. The van der Waals surface area contributed by atoms with Crippen LogP contribution in [-0.4, -0.2) is 24.1 Å². The van der Waals surface area contributed by atoms with Crippen molar-refractivity contribution >= 4 is 43.6 Å². The number of para-hydroxylation sites is 4. The van der Waals surface area contributed by atoms with E-state index >= 15 is 0 Å². The van der Waals surface area contributed by atoms with Crippen molar-refractivity contribution < 1.29 is 0 Å². The summed E-state index contributed by atoms with van der Waals surface area (Å²) in [6.45, 7) is 0. The molecule has 0 spiro atoms. The van der Waals surface area contributed by atoms with Crippen LogP contribution < -0.4 is 0 Å². The third kappa shape index (κ3) is 5.90. The van der Waals surface area contributed by atoms with Crippen LogP contribution in [-0.2, 0) is 0 Å². The second-order valence-electron chi connectivity index (χ2n) is 15.6. The minimum atomic E-state index is 0.614. The van der Waals surface area contributed by atoms with E-state index in [0.717, 1.165) is 50.2 Å². The standard InChI is InChI=1S/C57H37N5/c1-4-18-38(19-5-1)40-22-14-23-41(36-40)56-58-55(39-20-6-2-7-21-39)59-57(60-56)42-24-15-27-44(37-42)61-51-34-13-11-29-49(51)53-46(30-17-35-52(53)61)48-32-16-31-47-45-28-10-12-33-50(45)62(54(47)48)43-25-8-3-9-26-43/h1-37H. The molecule has 0 N–H and O–H groups in total. The number of aromatic nitrogens is 5. The summed E-state index contributed by atoms with van der Waals surface area (Å²) in [6, 6.07) is 79.2. The average molecular weight is 792 g/mol. The normalized spacial score (nSPS) is 11.5. The molecular weight excluding hydrogens is 755 g/mol. The molecular formula is C57H37N5.